The van der Waals surface area contributed by atoms with Crippen molar-refractivity contribution < 1.29 is 9.50 Å². The SMILES string of the molecule is Cc1c(-c2cccc(-n3ncc4cc(C(C)(C)C)cc(F)c4c3=O)c2CO)n[nH]c(=O)c1Nc1ccc([C@H]2CCCN2C)cn1. The minimum absolute atomic E-state index is 0.0878. The van der Waals surface area contributed by atoms with Gasteiger partial charge in [-0.15, -0.1) is 0 Å². The highest BCUT2D eigenvalue weighted by Gasteiger charge is 2.24. The Kier molecular flexibility index (Phi) is 7.84. The van der Waals surface area contributed by atoms with E-state index in [4.69, 9.17) is 0 Å². The highest BCUT2D eigenvalue weighted by atomic mass is 19.1. The molecule has 45 heavy (non-hydrogen) atoms. The van der Waals surface area contributed by atoms with Crippen molar-refractivity contribution in [2.75, 3.05) is 18.9 Å². The molecule has 1 saturated heterocycles. The lowest BCUT2D eigenvalue weighted by Gasteiger charge is -2.20. The summed E-state index contributed by atoms with van der Waals surface area (Å²) >= 11 is 0. The number of fused-ring (bicyclic) bond motifs is 1. The van der Waals surface area contributed by atoms with Crippen LogP contribution in [0.25, 0.3) is 27.7 Å². The minimum Gasteiger partial charge on any atom is -0.392 e. The van der Waals surface area contributed by atoms with Crippen LogP contribution in [0.5, 0.6) is 0 Å². The molecule has 1 aliphatic heterocycles. The molecule has 6 rings (SSSR count). The number of aromatic amines is 1. The van der Waals surface area contributed by atoms with E-state index in [0.717, 1.165) is 35.2 Å². The van der Waals surface area contributed by atoms with Crippen LogP contribution >= 0.6 is 0 Å². The number of likely N-dealkylation sites (tertiary alicyclic amines) is 1. The van der Waals surface area contributed by atoms with E-state index < -0.39 is 23.5 Å². The summed E-state index contributed by atoms with van der Waals surface area (Å²) in [7, 11) is 2.11. The first kappa shape index (κ1) is 30.3. The number of H-pyrrole nitrogens is 1. The van der Waals surface area contributed by atoms with Crippen LogP contribution in [0.2, 0.25) is 0 Å². The molecule has 232 valence electrons. The number of nitrogens with zero attached hydrogens (tertiary/aromatic N) is 5. The molecule has 1 aliphatic rings. The van der Waals surface area contributed by atoms with Crippen LogP contribution < -0.4 is 16.4 Å². The van der Waals surface area contributed by atoms with Crippen LogP contribution in [-0.4, -0.2) is 48.6 Å². The first-order chi connectivity index (χ1) is 21.5. The monoisotopic (exact) mass is 609 g/mol. The fourth-order valence-corrected chi connectivity index (χ4v) is 6.08. The lowest BCUT2D eigenvalue weighted by Crippen LogP contribution is -2.24. The number of benzene rings is 2. The maximum atomic E-state index is 15.3. The normalized spacial score (nSPS) is 15.6. The molecule has 11 heteroatoms. The molecule has 0 aliphatic carbocycles. The van der Waals surface area contributed by atoms with Crippen molar-refractivity contribution in [3.05, 3.63) is 104 Å². The molecule has 1 atom stereocenters. The molecule has 3 aromatic heterocycles. The molecule has 0 amide bonds. The molecule has 0 saturated carbocycles. The minimum atomic E-state index is -0.649. The Hall–Kier alpha value is -4.74. The van der Waals surface area contributed by atoms with E-state index in [-0.39, 0.29) is 22.2 Å². The number of aromatic nitrogens is 5. The van der Waals surface area contributed by atoms with Gasteiger partial charge in [0, 0.05) is 34.3 Å². The molecular formula is C34H36FN7O3. The number of aliphatic hydroxyl groups is 1. The summed E-state index contributed by atoms with van der Waals surface area (Å²) in [5.74, 6) is -0.129. The number of hydrogen-bond donors (Lipinski definition) is 3. The van der Waals surface area contributed by atoms with Crippen molar-refractivity contribution in [2.24, 2.45) is 0 Å². The second kappa shape index (κ2) is 11.6. The Morgan fingerprint density at radius 2 is 1.93 bits per heavy atom. The van der Waals surface area contributed by atoms with Gasteiger partial charge in [-0.25, -0.2) is 14.5 Å². The van der Waals surface area contributed by atoms with Crippen molar-refractivity contribution in [2.45, 2.75) is 58.6 Å². The highest BCUT2D eigenvalue weighted by molar-refractivity contribution is 5.83. The lowest BCUT2D eigenvalue weighted by molar-refractivity contribution is 0.281. The number of halogens is 1. The molecule has 3 N–H and O–H groups in total. The Labute approximate surface area is 259 Å². The van der Waals surface area contributed by atoms with Gasteiger partial charge in [-0.2, -0.15) is 14.9 Å². The average molecular weight is 610 g/mol. The summed E-state index contributed by atoms with van der Waals surface area (Å²) in [5, 5.41) is 25.2. The van der Waals surface area contributed by atoms with E-state index in [2.05, 4.69) is 37.5 Å². The van der Waals surface area contributed by atoms with Crippen molar-refractivity contribution in [3.8, 4) is 16.9 Å². The van der Waals surface area contributed by atoms with Gasteiger partial charge in [-0.3, -0.25) is 14.5 Å². The number of pyridine rings is 1. The molecule has 2 aromatic carbocycles. The van der Waals surface area contributed by atoms with Gasteiger partial charge in [0.15, 0.2) is 0 Å². The van der Waals surface area contributed by atoms with Crippen LogP contribution in [0.1, 0.15) is 61.9 Å². The maximum Gasteiger partial charge on any atom is 0.288 e. The summed E-state index contributed by atoms with van der Waals surface area (Å²) in [4.78, 5) is 33.4. The average Bonchev–Trinajstić information content (AvgIpc) is 3.44. The third kappa shape index (κ3) is 5.53. The highest BCUT2D eigenvalue weighted by Crippen LogP contribution is 2.33. The number of aliphatic hydroxyl groups excluding tert-OH is 1. The van der Waals surface area contributed by atoms with Gasteiger partial charge in [0.05, 0.1) is 29.6 Å². The fraction of sp³-hybridized carbons (Fsp3) is 0.324. The topological polar surface area (TPSA) is 129 Å². The summed E-state index contributed by atoms with van der Waals surface area (Å²) in [6.45, 7) is 8.24. The molecule has 0 spiro atoms. The second-order valence-electron chi connectivity index (χ2n) is 12.6. The predicted molar refractivity (Wildman–Crippen MR) is 173 cm³/mol. The summed E-state index contributed by atoms with van der Waals surface area (Å²) < 4.78 is 16.4. The lowest BCUT2D eigenvalue weighted by atomic mass is 9.86. The number of anilines is 2. The van der Waals surface area contributed by atoms with Gasteiger partial charge in [0.25, 0.3) is 11.1 Å². The van der Waals surface area contributed by atoms with Crippen LogP contribution in [0.15, 0.2) is 64.4 Å². The summed E-state index contributed by atoms with van der Waals surface area (Å²) in [6.07, 6.45) is 5.51. The van der Waals surface area contributed by atoms with Crippen molar-refractivity contribution in [1.82, 2.24) is 29.9 Å². The van der Waals surface area contributed by atoms with Crippen molar-refractivity contribution >= 4 is 22.3 Å². The fourth-order valence-electron chi connectivity index (χ4n) is 6.08. The number of rotatable bonds is 6. The first-order valence-electron chi connectivity index (χ1n) is 15.0. The largest absolute Gasteiger partial charge is 0.392 e. The van der Waals surface area contributed by atoms with Crippen LogP contribution in [0.3, 0.4) is 0 Å². The zero-order valence-corrected chi connectivity index (χ0v) is 26.0. The standard InChI is InChI=1S/C34H36FN7O3/c1-19-30(39-40-32(44)31(19)38-28-12-11-20(16-36-28)26-10-7-13-41(26)5)23-8-6-9-27(24(23)18-43)42-33(45)29-21(17-37-42)14-22(15-25(29)35)34(2,3)4/h6,8-9,11-12,14-17,26,43H,7,10,13,18H2,1-5H3,(H,40,44)(H,36,38,39)/t26-/m1/s1. The van der Waals surface area contributed by atoms with E-state index in [0.29, 0.717) is 39.6 Å². The predicted octanol–water partition coefficient (Wildman–Crippen LogP) is 5.28. The van der Waals surface area contributed by atoms with E-state index in [1.807, 2.05) is 39.1 Å². The Morgan fingerprint density at radius 3 is 2.60 bits per heavy atom. The zero-order chi connectivity index (χ0) is 32.0. The molecule has 0 radical (unpaired) electrons. The van der Waals surface area contributed by atoms with E-state index in [1.54, 1.807) is 31.2 Å². The van der Waals surface area contributed by atoms with Crippen molar-refractivity contribution in [1.29, 1.82) is 0 Å². The summed E-state index contributed by atoms with van der Waals surface area (Å²) in [5.41, 5.74) is 2.74. The molecule has 10 nitrogen and oxygen atoms in total. The van der Waals surface area contributed by atoms with Gasteiger partial charge in [0.2, 0.25) is 0 Å². The van der Waals surface area contributed by atoms with Gasteiger partial charge in [0.1, 0.15) is 17.3 Å². The molecule has 1 fully saturated rings. The first-order valence-corrected chi connectivity index (χ1v) is 15.0. The van der Waals surface area contributed by atoms with Crippen LogP contribution in [-0.2, 0) is 12.0 Å². The zero-order valence-electron chi connectivity index (χ0n) is 26.0. The number of hydrogen-bond acceptors (Lipinski definition) is 8. The van der Waals surface area contributed by atoms with Gasteiger partial charge >= 0.3 is 0 Å². The quantitative estimate of drug-likeness (QED) is 0.237. The van der Waals surface area contributed by atoms with Crippen LogP contribution in [0.4, 0.5) is 15.9 Å². The molecular weight excluding hydrogens is 573 g/mol. The smallest absolute Gasteiger partial charge is 0.288 e. The van der Waals surface area contributed by atoms with Gasteiger partial charge < -0.3 is 10.4 Å². The number of nitrogens with one attached hydrogen (secondary N) is 2. The Morgan fingerprint density at radius 1 is 1.13 bits per heavy atom. The molecule has 5 aromatic rings. The Balaban J connectivity index is 1.40. The van der Waals surface area contributed by atoms with Crippen molar-refractivity contribution in [3.63, 3.8) is 0 Å². The van der Waals surface area contributed by atoms with E-state index in [1.165, 1.54) is 12.3 Å². The summed E-state index contributed by atoms with van der Waals surface area (Å²) in [6, 6.07) is 12.4. The van der Waals surface area contributed by atoms with Crippen LogP contribution in [0, 0.1) is 12.7 Å². The molecule has 4 heterocycles. The maximum absolute atomic E-state index is 15.3. The molecule has 0 unspecified atom stereocenters. The Bertz CT molecular complexity index is 2030. The third-order valence-electron chi connectivity index (χ3n) is 8.67. The van der Waals surface area contributed by atoms with Gasteiger partial charge in [-0.1, -0.05) is 39.0 Å². The third-order valence-corrected chi connectivity index (χ3v) is 8.67. The second-order valence-corrected chi connectivity index (χ2v) is 12.6. The van der Waals surface area contributed by atoms with Gasteiger partial charge in [-0.05, 0) is 74.2 Å². The van der Waals surface area contributed by atoms with E-state index in [9.17, 15) is 14.7 Å². The molecule has 0 bridgehead atoms. The van der Waals surface area contributed by atoms with E-state index >= 15 is 4.39 Å².